The first-order chi connectivity index (χ1) is 7.13. The molecular weight excluding hydrogens is 228 g/mol. The lowest BCUT2D eigenvalue weighted by Crippen LogP contribution is -2.43. The fraction of sp³-hybridized carbons (Fsp3) is 0.400. The molecule has 0 aliphatic heterocycles. The average Bonchev–Trinajstić information content (AvgIpc) is 2.66. The third-order valence-electron chi connectivity index (χ3n) is 2.03. The molecule has 0 aliphatic carbocycles. The first kappa shape index (κ1) is 12.1. The van der Waals surface area contributed by atoms with Crippen molar-refractivity contribution in [2.24, 2.45) is 5.73 Å². The Bertz CT molecular complexity index is 335. The number of carbonyl (C=O) groups excluding carboxylic acids is 1. The molecule has 15 heavy (non-hydrogen) atoms. The van der Waals surface area contributed by atoms with Gasteiger partial charge >= 0.3 is 0 Å². The zero-order valence-electron chi connectivity index (χ0n) is 8.53. The third kappa shape index (κ3) is 3.97. The quantitative estimate of drug-likeness (QED) is 0.769. The molecule has 1 rings (SSSR count). The summed E-state index contributed by atoms with van der Waals surface area (Å²) in [7, 11) is 0. The van der Waals surface area contributed by atoms with Crippen molar-refractivity contribution in [2.75, 3.05) is 0 Å². The minimum Gasteiger partial charge on any atom is -0.392 e. The van der Waals surface area contributed by atoms with E-state index in [4.69, 9.17) is 18.0 Å². The number of rotatable bonds is 5. The van der Waals surface area contributed by atoms with Crippen molar-refractivity contribution in [3.05, 3.63) is 22.4 Å². The number of nitrogens with two attached hydrogens (primary N) is 1. The molecule has 0 saturated carbocycles. The van der Waals surface area contributed by atoms with Gasteiger partial charge in [0.25, 0.3) is 0 Å². The molecule has 0 radical (unpaired) electrons. The summed E-state index contributed by atoms with van der Waals surface area (Å²) in [6, 6.07) is 1.75. The second-order valence-corrected chi connectivity index (χ2v) is 4.49. The van der Waals surface area contributed by atoms with E-state index in [2.05, 4.69) is 5.32 Å². The molecule has 1 aromatic heterocycles. The minimum atomic E-state index is -0.189. The van der Waals surface area contributed by atoms with Gasteiger partial charge in [0.05, 0.1) is 17.5 Å². The molecule has 1 atom stereocenters. The van der Waals surface area contributed by atoms with E-state index in [0.29, 0.717) is 11.4 Å². The summed E-state index contributed by atoms with van der Waals surface area (Å²) in [5.41, 5.74) is 6.51. The van der Waals surface area contributed by atoms with E-state index in [0.717, 1.165) is 12.0 Å². The van der Waals surface area contributed by atoms with Crippen molar-refractivity contribution >= 4 is 34.5 Å². The zero-order chi connectivity index (χ0) is 11.3. The average molecular weight is 242 g/mol. The fourth-order valence-corrected chi connectivity index (χ4v) is 2.09. The van der Waals surface area contributed by atoms with Gasteiger partial charge < -0.3 is 11.1 Å². The molecule has 3 nitrogen and oxygen atoms in total. The van der Waals surface area contributed by atoms with Crippen molar-refractivity contribution < 1.29 is 4.79 Å². The summed E-state index contributed by atoms with van der Waals surface area (Å²) < 4.78 is 0. The molecule has 0 spiro atoms. The van der Waals surface area contributed by atoms with Crippen LogP contribution in [0.2, 0.25) is 0 Å². The van der Waals surface area contributed by atoms with Crippen LogP contribution < -0.4 is 11.1 Å². The van der Waals surface area contributed by atoms with E-state index >= 15 is 0 Å². The Balaban J connectivity index is 2.45. The van der Waals surface area contributed by atoms with Gasteiger partial charge in [-0.05, 0) is 28.8 Å². The Kier molecular flexibility index (Phi) is 4.71. The molecule has 0 fully saturated rings. The van der Waals surface area contributed by atoms with Gasteiger partial charge in [-0.1, -0.05) is 19.1 Å². The first-order valence-electron chi connectivity index (χ1n) is 4.73. The van der Waals surface area contributed by atoms with Crippen LogP contribution in [-0.4, -0.2) is 16.9 Å². The predicted octanol–water partition coefficient (Wildman–Crippen LogP) is 1.47. The minimum absolute atomic E-state index is 0.0342. The maximum Gasteiger partial charge on any atom is 0.225 e. The molecule has 0 aromatic carbocycles. The number of nitrogens with one attached hydrogen (secondary N) is 1. The van der Waals surface area contributed by atoms with Gasteiger partial charge in [0.15, 0.2) is 0 Å². The molecule has 1 amide bonds. The van der Waals surface area contributed by atoms with Crippen LogP contribution in [0.25, 0.3) is 0 Å². The van der Waals surface area contributed by atoms with Crippen LogP contribution in [0.4, 0.5) is 0 Å². The van der Waals surface area contributed by atoms with Crippen LogP contribution in [0.5, 0.6) is 0 Å². The monoisotopic (exact) mass is 242 g/mol. The van der Waals surface area contributed by atoms with Crippen LogP contribution in [0.1, 0.15) is 18.9 Å². The second-order valence-electron chi connectivity index (χ2n) is 3.24. The molecule has 0 aliphatic rings. The SMILES string of the molecule is CCC(NC(=O)Cc1ccsc1)C(N)=S. The summed E-state index contributed by atoms with van der Waals surface area (Å²) in [5, 5.41) is 6.72. The van der Waals surface area contributed by atoms with Crippen molar-refractivity contribution in [3.63, 3.8) is 0 Å². The summed E-state index contributed by atoms with van der Waals surface area (Å²) in [4.78, 5) is 11.9. The van der Waals surface area contributed by atoms with Crippen molar-refractivity contribution in [1.29, 1.82) is 0 Å². The van der Waals surface area contributed by atoms with Crippen LogP contribution >= 0.6 is 23.6 Å². The molecular formula is C10H14N2OS2. The van der Waals surface area contributed by atoms with Gasteiger partial charge in [-0.3, -0.25) is 4.79 Å². The van der Waals surface area contributed by atoms with E-state index in [1.165, 1.54) is 0 Å². The molecule has 82 valence electrons. The largest absolute Gasteiger partial charge is 0.392 e. The van der Waals surface area contributed by atoms with Gasteiger partial charge in [0.1, 0.15) is 0 Å². The fourth-order valence-electron chi connectivity index (χ4n) is 1.20. The lowest BCUT2D eigenvalue weighted by atomic mass is 10.2. The smallest absolute Gasteiger partial charge is 0.225 e. The Morgan fingerprint density at radius 3 is 2.93 bits per heavy atom. The van der Waals surface area contributed by atoms with Crippen molar-refractivity contribution in [3.8, 4) is 0 Å². The normalized spacial score (nSPS) is 12.1. The summed E-state index contributed by atoms with van der Waals surface area (Å²) >= 11 is 6.43. The molecule has 0 bridgehead atoms. The maximum absolute atomic E-state index is 11.6. The van der Waals surface area contributed by atoms with Crippen LogP contribution in [0.15, 0.2) is 16.8 Å². The Morgan fingerprint density at radius 1 is 1.73 bits per heavy atom. The Morgan fingerprint density at radius 2 is 2.47 bits per heavy atom. The van der Waals surface area contributed by atoms with E-state index in [-0.39, 0.29) is 11.9 Å². The van der Waals surface area contributed by atoms with E-state index in [9.17, 15) is 4.79 Å². The number of carbonyl (C=O) groups is 1. The van der Waals surface area contributed by atoms with Crippen LogP contribution in [-0.2, 0) is 11.2 Å². The van der Waals surface area contributed by atoms with Crippen molar-refractivity contribution in [2.45, 2.75) is 25.8 Å². The summed E-state index contributed by atoms with van der Waals surface area (Å²) in [6.07, 6.45) is 1.12. The standard InChI is InChI=1S/C10H14N2OS2/c1-2-8(10(11)14)12-9(13)5-7-3-4-15-6-7/h3-4,6,8H,2,5H2,1H3,(H2,11,14)(H,12,13). The summed E-state index contributed by atoms with van der Waals surface area (Å²) in [5.74, 6) is -0.0342. The number of hydrogen-bond acceptors (Lipinski definition) is 3. The number of hydrogen-bond donors (Lipinski definition) is 2. The van der Waals surface area contributed by atoms with Gasteiger partial charge in [0.2, 0.25) is 5.91 Å². The summed E-state index contributed by atoms with van der Waals surface area (Å²) in [6.45, 7) is 1.94. The van der Waals surface area contributed by atoms with Gasteiger partial charge in [-0.2, -0.15) is 11.3 Å². The number of amides is 1. The van der Waals surface area contributed by atoms with Crippen LogP contribution in [0.3, 0.4) is 0 Å². The lowest BCUT2D eigenvalue weighted by molar-refractivity contribution is -0.120. The van der Waals surface area contributed by atoms with Crippen LogP contribution in [0, 0.1) is 0 Å². The molecule has 0 saturated heterocycles. The topological polar surface area (TPSA) is 55.1 Å². The zero-order valence-corrected chi connectivity index (χ0v) is 10.2. The first-order valence-corrected chi connectivity index (χ1v) is 6.08. The Hall–Kier alpha value is -0.940. The highest BCUT2D eigenvalue weighted by Crippen LogP contribution is 2.06. The highest BCUT2D eigenvalue weighted by Gasteiger charge is 2.12. The molecule has 3 N–H and O–H groups in total. The molecule has 1 unspecified atom stereocenters. The molecule has 1 heterocycles. The van der Waals surface area contributed by atoms with Gasteiger partial charge in [-0.25, -0.2) is 0 Å². The maximum atomic E-state index is 11.6. The Labute approximate surface area is 98.7 Å². The van der Waals surface area contributed by atoms with Gasteiger partial charge in [-0.15, -0.1) is 0 Å². The van der Waals surface area contributed by atoms with Gasteiger partial charge in [0, 0.05) is 0 Å². The third-order valence-corrected chi connectivity index (χ3v) is 3.05. The highest BCUT2D eigenvalue weighted by atomic mass is 32.1. The molecule has 5 heteroatoms. The lowest BCUT2D eigenvalue weighted by Gasteiger charge is -2.14. The van der Waals surface area contributed by atoms with E-state index < -0.39 is 0 Å². The van der Waals surface area contributed by atoms with E-state index in [1.54, 1.807) is 11.3 Å². The predicted molar refractivity (Wildman–Crippen MR) is 67.0 cm³/mol. The molecule has 1 aromatic rings. The highest BCUT2D eigenvalue weighted by molar-refractivity contribution is 7.80. The number of thiocarbonyl (C=S) groups is 1. The van der Waals surface area contributed by atoms with E-state index in [1.807, 2.05) is 23.8 Å². The second kappa shape index (κ2) is 5.82. The van der Waals surface area contributed by atoms with Crippen molar-refractivity contribution in [1.82, 2.24) is 5.32 Å². The number of thiophene rings is 1.